The molecular weight excluding hydrogens is 425 g/mol. The van der Waals surface area contributed by atoms with Gasteiger partial charge in [-0.2, -0.15) is 39.5 Å². The zero-order chi connectivity index (χ0) is 22.6. The molecular formula is C14H14F9N5O. The van der Waals surface area contributed by atoms with Gasteiger partial charge in [0.05, 0.1) is 24.2 Å². The van der Waals surface area contributed by atoms with Crippen LogP contribution in [0, 0.1) is 5.41 Å². The second kappa shape index (κ2) is 8.75. The molecule has 0 spiro atoms. The lowest BCUT2D eigenvalue weighted by molar-refractivity contribution is -0.166. The average Bonchev–Trinajstić information content (AvgIpc) is 2.52. The number of hydrogen-bond donors (Lipinski definition) is 5. The van der Waals surface area contributed by atoms with Gasteiger partial charge >= 0.3 is 18.5 Å². The van der Waals surface area contributed by atoms with Crippen molar-refractivity contribution in [3.63, 3.8) is 0 Å². The maximum Gasteiger partial charge on any atom is 0.416 e. The fourth-order valence-electron chi connectivity index (χ4n) is 2.02. The Bertz CT molecular complexity index is 710. The number of amides is 1. The van der Waals surface area contributed by atoms with Gasteiger partial charge in [0.1, 0.15) is 6.04 Å². The van der Waals surface area contributed by atoms with E-state index in [-0.39, 0.29) is 12.7 Å². The first-order valence-electron chi connectivity index (χ1n) is 7.47. The number of carbonyl (C=O) groups excluding carboxylic acids is 1. The number of nitrogens with two attached hydrogens (primary N) is 1. The van der Waals surface area contributed by atoms with E-state index in [4.69, 9.17) is 11.1 Å². The highest BCUT2D eigenvalue weighted by Crippen LogP contribution is 2.37. The predicted octanol–water partition coefficient (Wildman–Crippen LogP) is 3.01. The molecule has 0 aromatic heterocycles. The molecule has 164 valence electrons. The van der Waals surface area contributed by atoms with Crippen LogP contribution in [0.4, 0.5) is 45.2 Å². The Morgan fingerprint density at radius 2 is 1.48 bits per heavy atom. The third-order valence-electron chi connectivity index (χ3n) is 3.29. The Hall–Kier alpha value is -2.71. The lowest BCUT2D eigenvalue weighted by Crippen LogP contribution is -2.54. The van der Waals surface area contributed by atoms with E-state index in [2.05, 4.69) is 10.6 Å². The van der Waals surface area contributed by atoms with E-state index in [0.29, 0.717) is 12.1 Å². The molecule has 29 heavy (non-hydrogen) atoms. The molecule has 6 N–H and O–H groups in total. The first-order valence-corrected chi connectivity index (χ1v) is 7.47. The summed E-state index contributed by atoms with van der Waals surface area (Å²) in [6.07, 6.45) is -14.7. The molecule has 0 aliphatic carbocycles. The molecule has 15 heteroatoms. The number of anilines is 1. The van der Waals surface area contributed by atoms with Gasteiger partial charge in [0.25, 0.3) is 0 Å². The van der Waals surface area contributed by atoms with E-state index in [0.717, 1.165) is 0 Å². The molecule has 1 aliphatic rings. The highest BCUT2D eigenvalue weighted by Gasteiger charge is 2.42. The van der Waals surface area contributed by atoms with E-state index in [1.165, 1.54) is 0 Å². The molecule has 1 heterocycles. The van der Waals surface area contributed by atoms with Gasteiger partial charge in [0.15, 0.2) is 5.96 Å². The zero-order valence-electron chi connectivity index (χ0n) is 14.1. The van der Waals surface area contributed by atoms with Gasteiger partial charge in [0.2, 0.25) is 5.91 Å². The van der Waals surface area contributed by atoms with E-state index in [9.17, 15) is 44.3 Å². The van der Waals surface area contributed by atoms with Crippen LogP contribution in [0.15, 0.2) is 18.2 Å². The van der Waals surface area contributed by atoms with E-state index in [1.54, 1.807) is 0 Å². The van der Waals surface area contributed by atoms with Crippen molar-refractivity contribution in [1.29, 1.82) is 5.41 Å². The molecule has 0 saturated carbocycles. The molecule has 1 aromatic rings. The van der Waals surface area contributed by atoms with Crippen molar-refractivity contribution < 1.29 is 44.3 Å². The highest BCUT2D eigenvalue weighted by molar-refractivity contribution is 5.89. The van der Waals surface area contributed by atoms with Crippen LogP contribution < -0.4 is 21.7 Å². The quantitative estimate of drug-likeness (QED) is 0.264. The third-order valence-corrected chi connectivity index (χ3v) is 3.29. The SMILES string of the molecule is N=C(N)Nc1cc(C(F)(F)F)cc(C(F)(F)F)c1.O=C1CC(C(F)(F)F)NCN1. The molecule has 1 unspecified atom stereocenters. The summed E-state index contributed by atoms with van der Waals surface area (Å²) in [4.78, 5) is 10.5. The standard InChI is InChI=1S/C9H7F6N3.C5H7F3N2O/c10-8(11,12)4-1-5(9(13,14)15)3-6(2-4)18-7(16)17;6-5(7,8)3-1-4(11)10-2-9-3/h1-3H,(H4,16,17,18);3,9H,1-2H2,(H,10,11). The summed E-state index contributed by atoms with van der Waals surface area (Å²) in [5.41, 5.74) is 1.36. The summed E-state index contributed by atoms with van der Waals surface area (Å²) in [7, 11) is 0. The summed E-state index contributed by atoms with van der Waals surface area (Å²) >= 11 is 0. The topological polar surface area (TPSA) is 103 Å². The molecule has 1 amide bonds. The fourth-order valence-corrected chi connectivity index (χ4v) is 2.02. The van der Waals surface area contributed by atoms with Crippen molar-refractivity contribution >= 4 is 17.6 Å². The van der Waals surface area contributed by atoms with Crippen LogP contribution in [-0.2, 0) is 17.1 Å². The van der Waals surface area contributed by atoms with Crippen molar-refractivity contribution in [1.82, 2.24) is 10.6 Å². The fraction of sp³-hybridized carbons (Fsp3) is 0.429. The number of benzene rings is 1. The van der Waals surface area contributed by atoms with Gasteiger partial charge in [0, 0.05) is 5.69 Å². The minimum absolute atomic E-state index is 0.00861. The number of rotatable bonds is 1. The Kier molecular flexibility index (Phi) is 7.34. The van der Waals surface area contributed by atoms with Crippen molar-refractivity contribution in [3.05, 3.63) is 29.3 Å². The third kappa shape index (κ3) is 8.05. The Morgan fingerprint density at radius 3 is 1.79 bits per heavy atom. The van der Waals surface area contributed by atoms with Crippen LogP contribution in [0.25, 0.3) is 0 Å². The van der Waals surface area contributed by atoms with Gasteiger partial charge in [-0.25, -0.2) is 0 Å². The summed E-state index contributed by atoms with van der Waals surface area (Å²) in [5, 5.41) is 13.0. The molecule has 0 radical (unpaired) electrons. The van der Waals surface area contributed by atoms with Gasteiger partial charge in [-0.15, -0.1) is 0 Å². The maximum absolute atomic E-state index is 12.4. The van der Waals surface area contributed by atoms with Gasteiger partial charge in [-0.05, 0) is 18.2 Å². The number of hydrogen-bond acceptors (Lipinski definition) is 3. The Morgan fingerprint density at radius 1 is 1.00 bits per heavy atom. The first-order chi connectivity index (χ1) is 13.0. The monoisotopic (exact) mass is 439 g/mol. The van der Waals surface area contributed by atoms with E-state index < -0.39 is 59.7 Å². The Balaban J connectivity index is 0.000000326. The average molecular weight is 439 g/mol. The molecule has 1 atom stereocenters. The lowest BCUT2D eigenvalue weighted by atomic mass is 10.1. The van der Waals surface area contributed by atoms with E-state index >= 15 is 0 Å². The molecule has 1 fully saturated rings. The first kappa shape index (κ1) is 24.3. The minimum Gasteiger partial charge on any atom is -0.370 e. The van der Waals surface area contributed by atoms with Gasteiger partial charge in [-0.1, -0.05) is 0 Å². The summed E-state index contributed by atoms with van der Waals surface area (Å²) in [6.45, 7) is -0.108. The van der Waals surface area contributed by atoms with Gasteiger partial charge in [-0.3, -0.25) is 15.5 Å². The molecule has 1 aliphatic heterocycles. The predicted molar refractivity (Wildman–Crippen MR) is 82.6 cm³/mol. The number of halogens is 9. The van der Waals surface area contributed by atoms with Crippen LogP contribution in [0.2, 0.25) is 0 Å². The van der Waals surface area contributed by atoms with E-state index in [1.807, 2.05) is 5.32 Å². The zero-order valence-corrected chi connectivity index (χ0v) is 14.1. The van der Waals surface area contributed by atoms with Crippen molar-refractivity contribution in [2.24, 2.45) is 5.73 Å². The number of alkyl halides is 9. The summed E-state index contributed by atoms with van der Waals surface area (Å²) in [5.74, 6) is -1.33. The Labute approximate surface area is 157 Å². The number of carbonyl (C=O) groups is 1. The normalized spacial score (nSPS) is 17.7. The largest absolute Gasteiger partial charge is 0.416 e. The van der Waals surface area contributed by atoms with Crippen molar-refractivity contribution in [2.75, 3.05) is 12.0 Å². The van der Waals surface area contributed by atoms with Crippen LogP contribution >= 0.6 is 0 Å². The molecule has 1 aromatic carbocycles. The number of nitrogens with one attached hydrogen (secondary N) is 4. The number of guanidine groups is 1. The lowest BCUT2D eigenvalue weighted by Gasteiger charge is -2.25. The molecule has 0 bridgehead atoms. The van der Waals surface area contributed by atoms with Crippen LogP contribution in [-0.4, -0.2) is 30.8 Å². The highest BCUT2D eigenvalue weighted by atomic mass is 19.4. The summed E-state index contributed by atoms with van der Waals surface area (Å²) in [6, 6.07) is -0.810. The second-order valence-electron chi connectivity index (χ2n) is 5.61. The van der Waals surface area contributed by atoms with Crippen LogP contribution in [0.3, 0.4) is 0 Å². The van der Waals surface area contributed by atoms with Crippen LogP contribution in [0.5, 0.6) is 0 Å². The van der Waals surface area contributed by atoms with Crippen molar-refractivity contribution in [2.45, 2.75) is 31.0 Å². The summed E-state index contributed by atoms with van der Waals surface area (Å²) < 4.78 is 110. The maximum atomic E-state index is 12.4. The van der Waals surface area contributed by atoms with Gasteiger partial charge < -0.3 is 16.4 Å². The smallest absolute Gasteiger partial charge is 0.370 e. The van der Waals surface area contributed by atoms with Crippen LogP contribution in [0.1, 0.15) is 17.5 Å². The molecule has 2 rings (SSSR count). The minimum atomic E-state index is -4.92. The second-order valence-corrected chi connectivity index (χ2v) is 5.61. The molecule has 6 nitrogen and oxygen atoms in total. The molecule has 1 saturated heterocycles. The van der Waals surface area contributed by atoms with Crippen molar-refractivity contribution in [3.8, 4) is 0 Å².